The van der Waals surface area contributed by atoms with Crippen molar-refractivity contribution in [3.8, 4) is 0 Å². The van der Waals surface area contributed by atoms with Crippen LogP contribution in [0.2, 0.25) is 0 Å². The maximum atomic E-state index is 12.2. The lowest BCUT2D eigenvalue weighted by atomic mass is 10.2. The summed E-state index contributed by atoms with van der Waals surface area (Å²) in [4.78, 5) is 14.6. The molecule has 0 amide bonds. The molecule has 0 unspecified atom stereocenters. The van der Waals surface area contributed by atoms with Gasteiger partial charge in [-0.25, -0.2) is 0 Å². The number of aryl methyl sites for hydroxylation is 1. The highest BCUT2D eigenvalue weighted by Gasteiger charge is 2.13. The average Bonchev–Trinajstić information content (AvgIpc) is 2.66. The number of hydrogen-bond donors (Lipinski definition) is 0. The van der Waals surface area contributed by atoms with E-state index in [1.54, 1.807) is 11.8 Å². The van der Waals surface area contributed by atoms with Crippen molar-refractivity contribution in [1.82, 2.24) is 9.47 Å². The Hall–Kier alpha value is -0.740. The van der Waals surface area contributed by atoms with E-state index < -0.39 is 0 Å². The Bertz CT molecular complexity index is 422. The van der Waals surface area contributed by atoms with Crippen LogP contribution in [0, 0.1) is 13.8 Å². The smallest absolute Gasteiger partial charge is 0.174 e. The minimum atomic E-state index is 0.255. The van der Waals surface area contributed by atoms with E-state index in [4.69, 9.17) is 0 Å². The van der Waals surface area contributed by atoms with E-state index in [9.17, 15) is 4.79 Å². The van der Waals surface area contributed by atoms with Crippen LogP contribution in [0.25, 0.3) is 0 Å². The number of ketones is 1. The van der Waals surface area contributed by atoms with Crippen LogP contribution in [-0.4, -0.2) is 46.4 Å². The monoisotopic (exact) mass is 282 g/mol. The molecule has 0 atom stereocenters. The Morgan fingerprint density at radius 1 is 1.32 bits per heavy atom. The van der Waals surface area contributed by atoms with Gasteiger partial charge >= 0.3 is 0 Å². The molecular formula is C15H26N2OS. The van der Waals surface area contributed by atoms with Crippen molar-refractivity contribution >= 4 is 17.5 Å². The van der Waals surface area contributed by atoms with E-state index in [2.05, 4.69) is 23.3 Å². The van der Waals surface area contributed by atoms with Crippen LogP contribution in [0.5, 0.6) is 0 Å². The Balaban J connectivity index is 2.41. The number of rotatable bonds is 8. The molecule has 1 heterocycles. The molecule has 19 heavy (non-hydrogen) atoms. The molecule has 0 radical (unpaired) electrons. The third kappa shape index (κ3) is 4.39. The largest absolute Gasteiger partial charge is 0.351 e. The van der Waals surface area contributed by atoms with Crippen LogP contribution in [0.4, 0.5) is 0 Å². The zero-order valence-electron chi connectivity index (χ0n) is 12.8. The Morgan fingerprint density at radius 2 is 1.95 bits per heavy atom. The van der Waals surface area contributed by atoms with Crippen molar-refractivity contribution in [3.05, 3.63) is 23.0 Å². The number of hydrogen-bond acceptors (Lipinski definition) is 3. The number of nitrogens with zero attached hydrogens (tertiary/aromatic N) is 2. The summed E-state index contributed by atoms with van der Waals surface area (Å²) < 4.78 is 2.08. The summed E-state index contributed by atoms with van der Waals surface area (Å²) in [5, 5.41) is 0. The highest BCUT2D eigenvalue weighted by atomic mass is 32.2. The molecule has 0 spiro atoms. The van der Waals surface area contributed by atoms with Gasteiger partial charge in [-0.1, -0.05) is 13.8 Å². The van der Waals surface area contributed by atoms with Crippen LogP contribution < -0.4 is 0 Å². The van der Waals surface area contributed by atoms with Gasteiger partial charge in [-0.3, -0.25) is 4.79 Å². The van der Waals surface area contributed by atoms with E-state index in [0.29, 0.717) is 5.75 Å². The molecule has 0 aliphatic heterocycles. The molecule has 0 saturated heterocycles. The summed E-state index contributed by atoms with van der Waals surface area (Å²) in [5.74, 6) is 1.87. The quantitative estimate of drug-likeness (QED) is 0.541. The van der Waals surface area contributed by atoms with Crippen molar-refractivity contribution in [3.63, 3.8) is 0 Å². The second-order valence-electron chi connectivity index (χ2n) is 4.85. The molecule has 0 fully saturated rings. The molecule has 0 N–H and O–H groups in total. The molecule has 0 saturated carbocycles. The van der Waals surface area contributed by atoms with Crippen molar-refractivity contribution in [2.75, 3.05) is 31.1 Å². The minimum Gasteiger partial charge on any atom is -0.351 e. The fourth-order valence-corrected chi connectivity index (χ4v) is 2.99. The van der Waals surface area contributed by atoms with E-state index in [1.807, 2.05) is 27.0 Å². The van der Waals surface area contributed by atoms with Crippen LogP contribution in [-0.2, 0) is 7.05 Å². The van der Waals surface area contributed by atoms with Gasteiger partial charge in [0.15, 0.2) is 5.78 Å². The fourth-order valence-electron chi connectivity index (χ4n) is 2.11. The summed E-state index contributed by atoms with van der Waals surface area (Å²) in [5.41, 5.74) is 3.11. The molecule has 1 aromatic heterocycles. The maximum Gasteiger partial charge on any atom is 0.174 e. The molecule has 1 aromatic rings. The third-order valence-electron chi connectivity index (χ3n) is 3.76. The Labute approximate surface area is 121 Å². The van der Waals surface area contributed by atoms with Crippen molar-refractivity contribution in [2.45, 2.75) is 27.7 Å². The van der Waals surface area contributed by atoms with Gasteiger partial charge < -0.3 is 9.47 Å². The van der Waals surface area contributed by atoms with E-state index in [-0.39, 0.29) is 5.78 Å². The first-order chi connectivity index (χ1) is 9.01. The molecule has 0 aliphatic carbocycles. The van der Waals surface area contributed by atoms with Gasteiger partial charge in [-0.2, -0.15) is 11.8 Å². The highest BCUT2D eigenvalue weighted by molar-refractivity contribution is 8.00. The van der Waals surface area contributed by atoms with E-state index in [0.717, 1.165) is 42.3 Å². The summed E-state index contributed by atoms with van der Waals surface area (Å²) >= 11 is 1.74. The number of carbonyl (C=O) groups excluding carboxylic acids is 1. The lowest BCUT2D eigenvalue weighted by molar-refractivity contribution is 0.102. The second kappa shape index (κ2) is 7.75. The van der Waals surface area contributed by atoms with Gasteiger partial charge in [0.2, 0.25) is 0 Å². The molecule has 0 bridgehead atoms. The standard InChI is InChI=1S/C15H26N2OS/c1-6-17(7-2)8-9-19-11-15(18)14-10-12(3)16(5)13(14)4/h10H,6-9,11H2,1-5H3. The van der Waals surface area contributed by atoms with Crippen molar-refractivity contribution < 1.29 is 4.79 Å². The number of carbonyl (C=O) groups is 1. The van der Waals surface area contributed by atoms with E-state index >= 15 is 0 Å². The van der Waals surface area contributed by atoms with Gasteiger partial charge in [0.1, 0.15) is 0 Å². The molecular weight excluding hydrogens is 256 g/mol. The van der Waals surface area contributed by atoms with Gasteiger partial charge in [-0.15, -0.1) is 0 Å². The topological polar surface area (TPSA) is 25.2 Å². The summed E-state index contributed by atoms with van der Waals surface area (Å²) in [6, 6.07) is 2.00. The molecule has 1 rings (SSSR count). The van der Waals surface area contributed by atoms with Crippen molar-refractivity contribution in [1.29, 1.82) is 0 Å². The SMILES string of the molecule is CCN(CC)CCSCC(=O)c1cc(C)n(C)c1C. The lowest BCUT2D eigenvalue weighted by Gasteiger charge is -2.17. The van der Waals surface area contributed by atoms with Crippen molar-refractivity contribution in [2.24, 2.45) is 7.05 Å². The molecule has 3 nitrogen and oxygen atoms in total. The number of Topliss-reactive ketones (excluding diaryl/α,β-unsaturated/α-hetero) is 1. The average molecular weight is 282 g/mol. The van der Waals surface area contributed by atoms with Crippen LogP contribution >= 0.6 is 11.8 Å². The molecule has 4 heteroatoms. The van der Waals surface area contributed by atoms with Crippen LogP contribution in [0.15, 0.2) is 6.07 Å². The second-order valence-corrected chi connectivity index (χ2v) is 5.95. The van der Waals surface area contributed by atoms with Crippen LogP contribution in [0.3, 0.4) is 0 Å². The first kappa shape index (κ1) is 16.3. The summed E-state index contributed by atoms with van der Waals surface area (Å²) in [6.45, 7) is 11.6. The summed E-state index contributed by atoms with van der Waals surface area (Å²) in [7, 11) is 2.01. The first-order valence-corrected chi connectivity index (χ1v) is 8.12. The van der Waals surface area contributed by atoms with E-state index in [1.165, 1.54) is 0 Å². The van der Waals surface area contributed by atoms with Crippen LogP contribution in [0.1, 0.15) is 35.6 Å². The molecule has 108 valence electrons. The fraction of sp³-hybridized carbons (Fsp3) is 0.667. The Kier molecular flexibility index (Phi) is 6.66. The van der Waals surface area contributed by atoms with Gasteiger partial charge in [-0.05, 0) is 33.0 Å². The van der Waals surface area contributed by atoms with Gasteiger partial charge in [0, 0.05) is 36.3 Å². The zero-order valence-corrected chi connectivity index (χ0v) is 13.6. The normalized spacial score (nSPS) is 11.3. The molecule has 0 aromatic carbocycles. The lowest BCUT2D eigenvalue weighted by Crippen LogP contribution is -2.25. The molecule has 0 aliphatic rings. The number of thioether (sulfide) groups is 1. The summed E-state index contributed by atoms with van der Waals surface area (Å²) in [6.07, 6.45) is 0. The van der Waals surface area contributed by atoms with Gasteiger partial charge in [0.05, 0.1) is 5.75 Å². The first-order valence-electron chi connectivity index (χ1n) is 6.97. The number of aromatic nitrogens is 1. The maximum absolute atomic E-state index is 12.2. The predicted molar refractivity (Wildman–Crippen MR) is 84.3 cm³/mol. The predicted octanol–water partition coefficient (Wildman–Crippen LogP) is 2.90. The Morgan fingerprint density at radius 3 is 2.42 bits per heavy atom. The minimum absolute atomic E-state index is 0.255. The zero-order chi connectivity index (χ0) is 14.4. The third-order valence-corrected chi connectivity index (χ3v) is 4.69. The highest BCUT2D eigenvalue weighted by Crippen LogP contribution is 2.16. The van der Waals surface area contributed by atoms with Gasteiger partial charge in [0.25, 0.3) is 0 Å².